The van der Waals surface area contributed by atoms with Crippen LogP contribution in [-0.4, -0.2) is 27.5 Å². The highest BCUT2D eigenvalue weighted by Gasteiger charge is 2.20. The van der Waals surface area contributed by atoms with Gasteiger partial charge in [-0.1, -0.05) is 30.3 Å². The summed E-state index contributed by atoms with van der Waals surface area (Å²) in [6, 6.07) is 9.05. The van der Waals surface area contributed by atoms with Crippen molar-refractivity contribution < 1.29 is 14.6 Å². The Morgan fingerprint density at radius 3 is 2.72 bits per heavy atom. The van der Waals surface area contributed by atoms with E-state index in [2.05, 4.69) is 5.10 Å². The first-order valence-corrected chi connectivity index (χ1v) is 5.56. The standard InChI is InChI=1S/C13H14N2O3/c1-15-8-11(7-14-15)18-9-12(13(16)17)10-5-3-2-4-6-10/h2-8,12H,9H2,1H3,(H,16,17). The lowest BCUT2D eigenvalue weighted by Gasteiger charge is -2.12. The van der Waals surface area contributed by atoms with Gasteiger partial charge in [0.1, 0.15) is 12.5 Å². The molecule has 5 nitrogen and oxygen atoms in total. The van der Waals surface area contributed by atoms with Crippen LogP contribution in [0.2, 0.25) is 0 Å². The third-order valence-electron chi connectivity index (χ3n) is 2.60. The van der Waals surface area contributed by atoms with Gasteiger partial charge in [0.2, 0.25) is 0 Å². The lowest BCUT2D eigenvalue weighted by Crippen LogP contribution is -2.19. The lowest BCUT2D eigenvalue weighted by atomic mass is 10.0. The summed E-state index contributed by atoms with van der Waals surface area (Å²) >= 11 is 0. The molecule has 1 heterocycles. The maximum Gasteiger partial charge on any atom is 0.314 e. The Morgan fingerprint density at radius 1 is 1.44 bits per heavy atom. The highest BCUT2D eigenvalue weighted by Crippen LogP contribution is 2.18. The highest BCUT2D eigenvalue weighted by atomic mass is 16.5. The second-order valence-electron chi connectivity index (χ2n) is 3.96. The van der Waals surface area contributed by atoms with Crippen molar-refractivity contribution in [3.05, 3.63) is 48.3 Å². The van der Waals surface area contributed by atoms with E-state index in [9.17, 15) is 9.90 Å². The molecule has 5 heteroatoms. The number of hydrogen-bond acceptors (Lipinski definition) is 3. The molecule has 1 N–H and O–H groups in total. The van der Waals surface area contributed by atoms with E-state index >= 15 is 0 Å². The van der Waals surface area contributed by atoms with Gasteiger partial charge in [0.25, 0.3) is 0 Å². The minimum Gasteiger partial charge on any atom is -0.489 e. The predicted octanol–water partition coefficient (Wildman–Crippen LogP) is 1.67. The summed E-state index contributed by atoms with van der Waals surface area (Å²) in [6.45, 7) is 0.0883. The average Bonchev–Trinajstić information content (AvgIpc) is 2.76. The van der Waals surface area contributed by atoms with Crippen LogP contribution in [0.3, 0.4) is 0 Å². The normalized spacial score (nSPS) is 12.1. The zero-order valence-electron chi connectivity index (χ0n) is 9.98. The van der Waals surface area contributed by atoms with E-state index in [1.165, 1.54) is 0 Å². The molecule has 0 fully saturated rings. The van der Waals surface area contributed by atoms with Crippen LogP contribution in [-0.2, 0) is 11.8 Å². The molecular formula is C13H14N2O3. The SMILES string of the molecule is Cn1cc(OCC(C(=O)O)c2ccccc2)cn1. The molecule has 0 aliphatic carbocycles. The minimum atomic E-state index is -0.898. The summed E-state index contributed by atoms with van der Waals surface area (Å²) in [7, 11) is 1.78. The smallest absolute Gasteiger partial charge is 0.314 e. The van der Waals surface area contributed by atoms with Gasteiger partial charge in [0.05, 0.1) is 12.4 Å². The number of carboxylic acid groups (broad SMARTS) is 1. The average molecular weight is 246 g/mol. The van der Waals surface area contributed by atoms with Crippen molar-refractivity contribution in [2.45, 2.75) is 5.92 Å². The quantitative estimate of drug-likeness (QED) is 0.871. The van der Waals surface area contributed by atoms with Crippen molar-refractivity contribution in [1.29, 1.82) is 0 Å². The number of benzene rings is 1. The summed E-state index contributed by atoms with van der Waals surface area (Å²) in [4.78, 5) is 11.2. The van der Waals surface area contributed by atoms with E-state index in [4.69, 9.17) is 4.74 Å². The molecule has 1 atom stereocenters. The van der Waals surface area contributed by atoms with Gasteiger partial charge in [-0.3, -0.25) is 9.48 Å². The molecule has 94 valence electrons. The third-order valence-corrected chi connectivity index (χ3v) is 2.60. The summed E-state index contributed by atoms with van der Waals surface area (Å²) in [6.07, 6.45) is 3.26. The highest BCUT2D eigenvalue weighted by molar-refractivity contribution is 5.76. The van der Waals surface area contributed by atoms with Crippen LogP contribution in [0, 0.1) is 0 Å². The summed E-state index contributed by atoms with van der Waals surface area (Å²) in [5.41, 5.74) is 0.730. The monoisotopic (exact) mass is 246 g/mol. The number of nitrogens with zero attached hydrogens (tertiary/aromatic N) is 2. The second-order valence-corrected chi connectivity index (χ2v) is 3.96. The molecule has 0 amide bonds. The molecule has 1 aromatic carbocycles. The number of aromatic nitrogens is 2. The molecule has 2 aromatic rings. The van der Waals surface area contributed by atoms with Crippen molar-refractivity contribution in [3.63, 3.8) is 0 Å². The molecule has 18 heavy (non-hydrogen) atoms. The first-order chi connectivity index (χ1) is 8.66. The fourth-order valence-electron chi connectivity index (χ4n) is 1.65. The van der Waals surface area contributed by atoms with Gasteiger partial charge < -0.3 is 9.84 Å². The van der Waals surface area contributed by atoms with Gasteiger partial charge in [-0.05, 0) is 5.56 Å². The molecule has 0 aliphatic rings. The molecular weight excluding hydrogens is 232 g/mol. The van der Waals surface area contributed by atoms with Crippen LogP contribution >= 0.6 is 0 Å². The largest absolute Gasteiger partial charge is 0.489 e. The molecule has 0 radical (unpaired) electrons. The van der Waals surface area contributed by atoms with Gasteiger partial charge in [0.15, 0.2) is 5.75 Å². The molecule has 1 unspecified atom stereocenters. The van der Waals surface area contributed by atoms with Crippen molar-refractivity contribution in [2.75, 3.05) is 6.61 Å². The maximum absolute atomic E-state index is 11.2. The van der Waals surface area contributed by atoms with Crippen LogP contribution in [0.25, 0.3) is 0 Å². The molecule has 0 saturated carbocycles. The Morgan fingerprint density at radius 2 is 2.17 bits per heavy atom. The van der Waals surface area contributed by atoms with Crippen molar-refractivity contribution in [1.82, 2.24) is 9.78 Å². The molecule has 2 rings (SSSR count). The topological polar surface area (TPSA) is 64.3 Å². The molecule has 0 spiro atoms. The van der Waals surface area contributed by atoms with E-state index in [0.29, 0.717) is 5.75 Å². The van der Waals surface area contributed by atoms with Crippen LogP contribution in [0.5, 0.6) is 5.75 Å². The summed E-state index contributed by atoms with van der Waals surface area (Å²) in [5, 5.41) is 13.2. The minimum absolute atomic E-state index is 0.0883. The number of ether oxygens (including phenoxy) is 1. The molecule has 0 bridgehead atoms. The molecule has 0 saturated heterocycles. The van der Waals surface area contributed by atoms with E-state index in [0.717, 1.165) is 5.56 Å². The van der Waals surface area contributed by atoms with Gasteiger partial charge in [-0.2, -0.15) is 5.10 Å². The number of rotatable bonds is 5. The van der Waals surface area contributed by atoms with Gasteiger partial charge in [-0.25, -0.2) is 0 Å². The number of carbonyl (C=O) groups is 1. The van der Waals surface area contributed by atoms with Gasteiger partial charge >= 0.3 is 5.97 Å². The van der Waals surface area contributed by atoms with E-state index in [1.54, 1.807) is 36.3 Å². The summed E-state index contributed by atoms with van der Waals surface area (Å²) < 4.78 is 7.05. The Hall–Kier alpha value is -2.30. The Labute approximate surface area is 105 Å². The van der Waals surface area contributed by atoms with Crippen LogP contribution in [0.4, 0.5) is 0 Å². The number of aryl methyl sites for hydroxylation is 1. The van der Waals surface area contributed by atoms with E-state index in [1.807, 2.05) is 18.2 Å². The zero-order valence-corrected chi connectivity index (χ0v) is 9.98. The Balaban J connectivity index is 2.06. The zero-order chi connectivity index (χ0) is 13.0. The summed E-state index contributed by atoms with van der Waals surface area (Å²) in [5.74, 6) is -1.00. The molecule has 1 aromatic heterocycles. The number of aliphatic carboxylic acids is 1. The van der Waals surface area contributed by atoms with Crippen molar-refractivity contribution in [2.24, 2.45) is 7.05 Å². The van der Waals surface area contributed by atoms with Crippen LogP contribution in [0.15, 0.2) is 42.7 Å². The number of hydrogen-bond donors (Lipinski definition) is 1. The Kier molecular flexibility index (Phi) is 3.62. The van der Waals surface area contributed by atoms with Crippen LogP contribution < -0.4 is 4.74 Å². The molecule has 0 aliphatic heterocycles. The van der Waals surface area contributed by atoms with Crippen molar-refractivity contribution >= 4 is 5.97 Å². The Bertz CT molecular complexity index is 522. The first-order valence-electron chi connectivity index (χ1n) is 5.56. The van der Waals surface area contributed by atoms with Gasteiger partial charge in [-0.15, -0.1) is 0 Å². The third kappa shape index (κ3) is 2.88. The lowest BCUT2D eigenvalue weighted by molar-refractivity contribution is -0.139. The fraction of sp³-hybridized carbons (Fsp3) is 0.231. The van der Waals surface area contributed by atoms with Gasteiger partial charge in [0, 0.05) is 7.05 Å². The van der Waals surface area contributed by atoms with Crippen molar-refractivity contribution in [3.8, 4) is 5.75 Å². The predicted molar refractivity (Wildman–Crippen MR) is 65.5 cm³/mol. The second kappa shape index (κ2) is 5.35. The van der Waals surface area contributed by atoms with E-state index in [-0.39, 0.29) is 6.61 Å². The van der Waals surface area contributed by atoms with Crippen LogP contribution in [0.1, 0.15) is 11.5 Å². The number of carboxylic acids is 1. The van der Waals surface area contributed by atoms with E-state index < -0.39 is 11.9 Å². The maximum atomic E-state index is 11.2. The first kappa shape index (κ1) is 12.2. The fourth-order valence-corrected chi connectivity index (χ4v) is 1.65.